The van der Waals surface area contributed by atoms with Gasteiger partial charge in [-0.2, -0.15) is 0 Å². The Kier molecular flexibility index (Phi) is 4.69. The summed E-state index contributed by atoms with van der Waals surface area (Å²) in [6.07, 6.45) is -0.0905. The Morgan fingerprint density at radius 3 is 2.70 bits per heavy atom. The van der Waals surface area contributed by atoms with Crippen LogP contribution in [0.25, 0.3) is 0 Å². The van der Waals surface area contributed by atoms with Gasteiger partial charge in [-0.1, -0.05) is 35.9 Å². The summed E-state index contributed by atoms with van der Waals surface area (Å²) in [7, 11) is 0. The van der Waals surface area contributed by atoms with Crippen molar-refractivity contribution in [1.29, 1.82) is 0 Å². The van der Waals surface area contributed by atoms with Crippen LogP contribution in [0.5, 0.6) is 0 Å². The van der Waals surface area contributed by atoms with E-state index in [4.69, 9.17) is 16.3 Å². The number of hydrogen-bond acceptors (Lipinski definition) is 3. The van der Waals surface area contributed by atoms with Crippen molar-refractivity contribution in [2.75, 3.05) is 0 Å². The van der Waals surface area contributed by atoms with E-state index in [0.717, 1.165) is 5.56 Å². The largest absolute Gasteiger partial charge is 0.460 e. The van der Waals surface area contributed by atoms with Crippen molar-refractivity contribution >= 4 is 17.6 Å². The molecule has 20 heavy (non-hydrogen) atoms. The molecule has 2 rings (SSSR count). The molecule has 0 unspecified atom stereocenters. The minimum Gasteiger partial charge on any atom is -0.460 e. The van der Waals surface area contributed by atoms with Crippen molar-refractivity contribution in [2.45, 2.75) is 20.0 Å². The molecule has 2 aromatic rings. The van der Waals surface area contributed by atoms with E-state index in [2.05, 4.69) is 4.98 Å². The van der Waals surface area contributed by atoms with Crippen LogP contribution in [0.1, 0.15) is 16.8 Å². The first-order valence-electron chi connectivity index (χ1n) is 6.07. The van der Waals surface area contributed by atoms with Gasteiger partial charge in [-0.05, 0) is 24.6 Å². The van der Waals surface area contributed by atoms with Crippen LogP contribution >= 0.6 is 11.6 Å². The number of benzene rings is 1. The van der Waals surface area contributed by atoms with Crippen molar-refractivity contribution < 1.29 is 13.9 Å². The van der Waals surface area contributed by atoms with Crippen LogP contribution < -0.4 is 0 Å². The summed E-state index contributed by atoms with van der Waals surface area (Å²) >= 11 is 5.74. The maximum absolute atomic E-state index is 13.4. The van der Waals surface area contributed by atoms with E-state index in [-0.39, 0.29) is 13.0 Å². The zero-order valence-corrected chi connectivity index (χ0v) is 11.7. The van der Waals surface area contributed by atoms with Crippen LogP contribution in [0.2, 0.25) is 5.15 Å². The number of aromatic nitrogens is 1. The molecule has 0 saturated carbocycles. The number of carbonyl (C=O) groups is 1. The van der Waals surface area contributed by atoms with Crippen molar-refractivity contribution in [2.24, 2.45) is 0 Å². The van der Waals surface area contributed by atoms with Gasteiger partial charge in [0.25, 0.3) is 0 Å². The fourth-order valence-electron chi connectivity index (χ4n) is 1.72. The molecule has 0 atom stereocenters. The third kappa shape index (κ3) is 3.78. The number of aryl methyl sites for hydroxylation is 1. The fraction of sp³-hybridized carbons (Fsp3) is 0.200. The van der Waals surface area contributed by atoms with Crippen molar-refractivity contribution in [1.82, 2.24) is 4.98 Å². The Labute approximate surface area is 121 Å². The predicted molar refractivity (Wildman–Crippen MR) is 73.9 cm³/mol. The Morgan fingerprint density at radius 2 is 2.00 bits per heavy atom. The Balaban J connectivity index is 1.94. The van der Waals surface area contributed by atoms with E-state index in [0.29, 0.717) is 16.4 Å². The van der Waals surface area contributed by atoms with Crippen LogP contribution in [-0.2, 0) is 22.6 Å². The minimum absolute atomic E-state index is 0.0905. The van der Waals surface area contributed by atoms with E-state index < -0.39 is 11.8 Å². The molecule has 1 aromatic heterocycles. The van der Waals surface area contributed by atoms with E-state index in [1.54, 1.807) is 37.3 Å². The number of hydrogen-bond donors (Lipinski definition) is 0. The average Bonchev–Trinajstić information content (AvgIpc) is 2.40. The van der Waals surface area contributed by atoms with Crippen molar-refractivity contribution in [3.05, 3.63) is 64.2 Å². The van der Waals surface area contributed by atoms with Crippen LogP contribution in [0.4, 0.5) is 4.39 Å². The number of esters is 1. The molecule has 0 aliphatic carbocycles. The van der Waals surface area contributed by atoms with Gasteiger partial charge in [0, 0.05) is 11.3 Å². The highest BCUT2D eigenvalue weighted by Crippen LogP contribution is 2.13. The molecular formula is C15H13ClFNO2. The lowest BCUT2D eigenvalue weighted by Crippen LogP contribution is -2.10. The first-order chi connectivity index (χ1) is 9.56. The summed E-state index contributed by atoms with van der Waals surface area (Å²) in [5.41, 5.74) is 1.80. The minimum atomic E-state index is -0.482. The van der Waals surface area contributed by atoms with Gasteiger partial charge in [0.2, 0.25) is 0 Å². The first-order valence-corrected chi connectivity index (χ1v) is 6.45. The van der Waals surface area contributed by atoms with Gasteiger partial charge in [-0.3, -0.25) is 4.79 Å². The molecule has 1 heterocycles. The monoisotopic (exact) mass is 293 g/mol. The number of ether oxygens (including phenoxy) is 1. The van der Waals surface area contributed by atoms with Gasteiger partial charge in [0.1, 0.15) is 17.6 Å². The lowest BCUT2D eigenvalue weighted by molar-refractivity contribution is -0.144. The highest BCUT2D eigenvalue weighted by molar-refractivity contribution is 6.29. The van der Waals surface area contributed by atoms with Gasteiger partial charge in [0.05, 0.1) is 6.42 Å². The maximum atomic E-state index is 13.4. The topological polar surface area (TPSA) is 39.2 Å². The van der Waals surface area contributed by atoms with Crippen molar-refractivity contribution in [3.8, 4) is 0 Å². The zero-order valence-electron chi connectivity index (χ0n) is 10.9. The number of pyridine rings is 1. The molecule has 0 fully saturated rings. The Bertz CT molecular complexity index is 631. The quantitative estimate of drug-likeness (QED) is 0.640. The lowest BCUT2D eigenvalue weighted by atomic mass is 10.1. The van der Waals surface area contributed by atoms with Crippen molar-refractivity contribution in [3.63, 3.8) is 0 Å². The molecule has 0 saturated heterocycles. The smallest absolute Gasteiger partial charge is 0.310 e. The predicted octanol–water partition coefficient (Wildman–Crippen LogP) is 3.47. The molecule has 5 heteroatoms. The summed E-state index contributed by atoms with van der Waals surface area (Å²) in [5.74, 6) is -0.891. The Morgan fingerprint density at radius 1 is 1.25 bits per heavy atom. The van der Waals surface area contributed by atoms with Crippen LogP contribution in [-0.4, -0.2) is 11.0 Å². The summed E-state index contributed by atoms with van der Waals surface area (Å²) in [6, 6.07) is 9.52. The summed E-state index contributed by atoms with van der Waals surface area (Å²) < 4.78 is 18.5. The summed E-state index contributed by atoms with van der Waals surface area (Å²) in [4.78, 5) is 15.7. The summed E-state index contributed by atoms with van der Waals surface area (Å²) in [6.45, 7) is 1.88. The second-order valence-corrected chi connectivity index (χ2v) is 4.69. The van der Waals surface area contributed by atoms with Crippen LogP contribution in [0.15, 0.2) is 36.4 Å². The molecule has 0 aliphatic rings. The third-order valence-electron chi connectivity index (χ3n) is 2.84. The molecular weight excluding hydrogens is 281 g/mol. The molecule has 104 valence electrons. The van der Waals surface area contributed by atoms with E-state index >= 15 is 0 Å². The van der Waals surface area contributed by atoms with Gasteiger partial charge in [0.15, 0.2) is 0 Å². The summed E-state index contributed by atoms with van der Waals surface area (Å²) in [5, 5.41) is 0.393. The molecule has 0 aliphatic heterocycles. The van der Waals surface area contributed by atoms with Gasteiger partial charge in [-0.25, -0.2) is 9.37 Å². The highest BCUT2D eigenvalue weighted by atomic mass is 35.5. The van der Waals surface area contributed by atoms with Crippen LogP contribution in [0, 0.1) is 12.7 Å². The van der Waals surface area contributed by atoms with Crippen LogP contribution in [0.3, 0.4) is 0 Å². The number of halogens is 2. The molecule has 1 aromatic carbocycles. The Hall–Kier alpha value is -1.94. The second kappa shape index (κ2) is 6.48. The molecule has 0 spiro atoms. The van der Waals surface area contributed by atoms with Gasteiger partial charge >= 0.3 is 5.97 Å². The number of rotatable bonds is 4. The fourth-order valence-corrected chi connectivity index (χ4v) is 1.91. The second-order valence-electron chi connectivity index (χ2n) is 4.31. The highest BCUT2D eigenvalue weighted by Gasteiger charge is 2.10. The lowest BCUT2D eigenvalue weighted by Gasteiger charge is -2.07. The third-order valence-corrected chi connectivity index (χ3v) is 3.05. The molecule has 0 N–H and O–H groups in total. The van der Waals surface area contributed by atoms with Gasteiger partial charge < -0.3 is 4.74 Å². The van der Waals surface area contributed by atoms with E-state index in [9.17, 15) is 9.18 Å². The molecule has 0 bridgehead atoms. The SMILES string of the molecule is Cc1nc(Cl)ccc1COC(=O)Cc1ccccc1F. The molecule has 3 nitrogen and oxygen atoms in total. The average molecular weight is 294 g/mol. The maximum Gasteiger partial charge on any atom is 0.310 e. The molecule has 0 amide bonds. The molecule has 0 radical (unpaired) electrons. The number of carbonyl (C=O) groups excluding carboxylic acids is 1. The zero-order chi connectivity index (χ0) is 14.5. The number of nitrogens with zero attached hydrogens (tertiary/aromatic N) is 1. The first kappa shape index (κ1) is 14.5. The normalized spacial score (nSPS) is 10.3. The van der Waals surface area contributed by atoms with E-state index in [1.165, 1.54) is 6.07 Å². The van der Waals surface area contributed by atoms with Gasteiger partial charge in [-0.15, -0.1) is 0 Å². The standard InChI is InChI=1S/C15H13ClFNO2/c1-10-12(6-7-14(16)18-10)9-20-15(19)8-11-4-2-3-5-13(11)17/h2-7H,8-9H2,1H3. The van der Waals surface area contributed by atoms with E-state index in [1.807, 2.05) is 0 Å².